The first-order chi connectivity index (χ1) is 8.93. The summed E-state index contributed by atoms with van der Waals surface area (Å²) < 4.78 is 10.8. The number of aliphatic hydroxyl groups excluding tert-OH is 1. The van der Waals surface area contributed by atoms with Gasteiger partial charge in [-0.2, -0.15) is 0 Å². The van der Waals surface area contributed by atoms with Crippen LogP contribution in [0.15, 0.2) is 18.2 Å². The van der Waals surface area contributed by atoms with Crippen LogP contribution in [0.1, 0.15) is 44.0 Å². The van der Waals surface area contributed by atoms with Crippen molar-refractivity contribution in [3.8, 4) is 11.5 Å². The van der Waals surface area contributed by atoms with Crippen LogP contribution >= 0.6 is 0 Å². The summed E-state index contributed by atoms with van der Waals surface area (Å²) in [5.74, 6) is 1.46. The molecular weight excluding hydrogens is 244 g/mol. The molecule has 1 N–H and O–H groups in total. The van der Waals surface area contributed by atoms with Gasteiger partial charge in [0.05, 0.1) is 19.1 Å². The van der Waals surface area contributed by atoms with Crippen LogP contribution in [-0.4, -0.2) is 30.2 Å². The molecule has 0 fully saturated rings. The number of fused-ring (bicyclic) bond motifs is 1. The second-order valence-corrected chi connectivity index (χ2v) is 5.05. The second kappa shape index (κ2) is 6.57. The molecule has 0 aromatic heterocycles. The number of ketones is 1. The van der Waals surface area contributed by atoms with Gasteiger partial charge in [0.2, 0.25) is 0 Å². The van der Waals surface area contributed by atoms with Gasteiger partial charge in [0.1, 0.15) is 17.1 Å². The first-order valence-corrected chi connectivity index (χ1v) is 6.44. The molecule has 0 amide bonds. The van der Waals surface area contributed by atoms with Gasteiger partial charge >= 0.3 is 0 Å². The summed E-state index contributed by atoms with van der Waals surface area (Å²) in [5, 5.41) is 7.88. The summed E-state index contributed by atoms with van der Waals surface area (Å²) in [6.45, 7) is 6.07. The van der Waals surface area contributed by atoms with Crippen LogP contribution in [0.4, 0.5) is 0 Å². The zero-order valence-electron chi connectivity index (χ0n) is 12.0. The summed E-state index contributed by atoms with van der Waals surface area (Å²) >= 11 is 0. The van der Waals surface area contributed by atoms with E-state index in [1.807, 2.05) is 20.8 Å². The van der Waals surface area contributed by atoms with Gasteiger partial charge in [0.15, 0.2) is 5.78 Å². The number of ether oxygens (including phenoxy) is 2. The highest BCUT2D eigenvalue weighted by Crippen LogP contribution is 2.35. The predicted octanol–water partition coefficient (Wildman–Crippen LogP) is 2.83. The van der Waals surface area contributed by atoms with Gasteiger partial charge in [0.25, 0.3) is 0 Å². The van der Waals surface area contributed by atoms with Gasteiger partial charge < -0.3 is 14.6 Å². The average molecular weight is 266 g/mol. The van der Waals surface area contributed by atoms with Crippen molar-refractivity contribution in [2.24, 2.45) is 0 Å². The van der Waals surface area contributed by atoms with Gasteiger partial charge in [-0.1, -0.05) is 6.92 Å². The molecule has 0 saturated carbocycles. The smallest absolute Gasteiger partial charge is 0.170 e. The molecule has 1 heterocycles. The summed E-state index contributed by atoms with van der Waals surface area (Å²) in [7, 11) is 1.59. The standard InChI is InChI=1S/C12H14O3.C3H8O/c1-12(2)7-10(13)9-5-4-8(14-3)6-11(9)15-12;1-2-3-4/h4-6H,7H2,1-3H3;4H,2-3H2,1H3. The van der Waals surface area contributed by atoms with E-state index in [4.69, 9.17) is 14.6 Å². The van der Waals surface area contributed by atoms with Crippen molar-refractivity contribution < 1.29 is 19.4 Å². The molecule has 4 nitrogen and oxygen atoms in total. The lowest BCUT2D eigenvalue weighted by Gasteiger charge is -2.31. The summed E-state index contributed by atoms with van der Waals surface area (Å²) in [6.07, 6.45) is 1.30. The van der Waals surface area contributed by atoms with Crippen molar-refractivity contribution in [2.75, 3.05) is 13.7 Å². The monoisotopic (exact) mass is 266 g/mol. The normalized spacial score (nSPS) is 15.7. The summed E-state index contributed by atoms with van der Waals surface area (Å²) in [5.41, 5.74) is 0.228. The summed E-state index contributed by atoms with van der Waals surface area (Å²) in [4.78, 5) is 11.8. The molecule has 1 aromatic carbocycles. The lowest BCUT2D eigenvalue weighted by atomic mass is 9.93. The second-order valence-electron chi connectivity index (χ2n) is 5.05. The number of Topliss-reactive ketones (excluding diaryl/α,β-unsaturated/α-hetero) is 1. The maximum absolute atomic E-state index is 11.8. The van der Waals surface area contributed by atoms with E-state index in [2.05, 4.69) is 0 Å². The van der Waals surface area contributed by atoms with Crippen molar-refractivity contribution in [1.82, 2.24) is 0 Å². The van der Waals surface area contributed by atoms with Gasteiger partial charge in [-0.3, -0.25) is 4.79 Å². The maximum Gasteiger partial charge on any atom is 0.170 e. The third kappa shape index (κ3) is 4.24. The molecule has 4 heteroatoms. The van der Waals surface area contributed by atoms with E-state index in [0.29, 0.717) is 30.1 Å². The zero-order valence-corrected chi connectivity index (χ0v) is 12.0. The molecule has 1 aromatic rings. The molecule has 2 rings (SSSR count). The molecule has 0 radical (unpaired) electrons. The summed E-state index contributed by atoms with van der Waals surface area (Å²) in [6, 6.07) is 5.29. The molecule has 0 spiro atoms. The van der Waals surface area contributed by atoms with Crippen molar-refractivity contribution in [3.05, 3.63) is 23.8 Å². The van der Waals surface area contributed by atoms with Crippen LogP contribution < -0.4 is 9.47 Å². The van der Waals surface area contributed by atoms with E-state index in [-0.39, 0.29) is 5.78 Å². The Morgan fingerprint density at radius 2 is 2.05 bits per heavy atom. The van der Waals surface area contributed by atoms with Gasteiger partial charge in [-0.15, -0.1) is 0 Å². The number of hydrogen-bond donors (Lipinski definition) is 1. The van der Waals surface area contributed by atoms with E-state index >= 15 is 0 Å². The fraction of sp³-hybridized carbons (Fsp3) is 0.533. The zero-order chi connectivity index (χ0) is 14.5. The van der Waals surface area contributed by atoms with E-state index in [9.17, 15) is 4.79 Å². The van der Waals surface area contributed by atoms with Gasteiger partial charge in [0, 0.05) is 12.7 Å². The van der Waals surface area contributed by atoms with Crippen molar-refractivity contribution in [1.29, 1.82) is 0 Å². The fourth-order valence-corrected chi connectivity index (χ4v) is 1.76. The molecular formula is C15H22O4. The topological polar surface area (TPSA) is 55.8 Å². The lowest BCUT2D eigenvalue weighted by Crippen LogP contribution is -2.35. The fourth-order valence-electron chi connectivity index (χ4n) is 1.76. The van der Waals surface area contributed by atoms with E-state index in [0.717, 1.165) is 6.42 Å². The highest BCUT2D eigenvalue weighted by Gasteiger charge is 2.32. The van der Waals surface area contributed by atoms with Crippen LogP contribution in [0, 0.1) is 0 Å². The van der Waals surface area contributed by atoms with Crippen LogP contribution in [0.2, 0.25) is 0 Å². The third-order valence-electron chi connectivity index (χ3n) is 2.69. The number of aliphatic hydroxyl groups is 1. The highest BCUT2D eigenvalue weighted by molar-refractivity contribution is 6.00. The van der Waals surface area contributed by atoms with Crippen LogP contribution in [-0.2, 0) is 0 Å². The van der Waals surface area contributed by atoms with Crippen LogP contribution in [0.25, 0.3) is 0 Å². The van der Waals surface area contributed by atoms with Crippen molar-refractivity contribution in [3.63, 3.8) is 0 Å². The van der Waals surface area contributed by atoms with Crippen molar-refractivity contribution in [2.45, 2.75) is 39.2 Å². The van der Waals surface area contributed by atoms with E-state index in [1.165, 1.54) is 0 Å². The van der Waals surface area contributed by atoms with E-state index in [1.54, 1.807) is 25.3 Å². The molecule has 106 valence electrons. The lowest BCUT2D eigenvalue weighted by molar-refractivity contribution is 0.0619. The molecule has 1 aliphatic heterocycles. The predicted molar refractivity (Wildman–Crippen MR) is 74.0 cm³/mol. The van der Waals surface area contributed by atoms with Gasteiger partial charge in [-0.25, -0.2) is 0 Å². The molecule has 1 aliphatic rings. The quantitative estimate of drug-likeness (QED) is 0.894. The minimum atomic E-state index is -0.420. The number of rotatable bonds is 2. The highest BCUT2D eigenvalue weighted by atomic mass is 16.5. The Hall–Kier alpha value is -1.55. The first kappa shape index (κ1) is 15.5. The average Bonchev–Trinajstić information content (AvgIpc) is 2.36. The molecule has 0 atom stereocenters. The Bertz CT molecular complexity index is 436. The Morgan fingerprint density at radius 1 is 1.42 bits per heavy atom. The van der Waals surface area contributed by atoms with Crippen LogP contribution in [0.3, 0.4) is 0 Å². The third-order valence-corrected chi connectivity index (χ3v) is 2.69. The largest absolute Gasteiger partial charge is 0.497 e. The molecule has 0 bridgehead atoms. The Balaban J connectivity index is 0.000000399. The molecule has 0 aliphatic carbocycles. The first-order valence-electron chi connectivity index (χ1n) is 6.44. The Kier molecular flexibility index (Phi) is 5.36. The maximum atomic E-state index is 11.8. The minimum absolute atomic E-state index is 0.129. The number of carbonyl (C=O) groups is 1. The number of hydrogen-bond acceptors (Lipinski definition) is 4. The SMILES string of the molecule is CCCO.COc1ccc2c(c1)OC(C)(C)CC2=O. The van der Waals surface area contributed by atoms with Crippen LogP contribution in [0.5, 0.6) is 11.5 Å². The Morgan fingerprint density at radius 3 is 2.58 bits per heavy atom. The number of benzene rings is 1. The molecule has 0 unspecified atom stereocenters. The van der Waals surface area contributed by atoms with Gasteiger partial charge in [-0.05, 0) is 32.4 Å². The molecule has 0 saturated heterocycles. The number of carbonyl (C=O) groups excluding carboxylic acids is 1. The minimum Gasteiger partial charge on any atom is -0.497 e. The number of methoxy groups -OCH3 is 1. The molecule has 19 heavy (non-hydrogen) atoms. The Labute approximate surface area is 114 Å². The van der Waals surface area contributed by atoms with E-state index < -0.39 is 5.60 Å². The van der Waals surface area contributed by atoms with Crippen molar-refractivity contribution >= 4 is 5.78 Å².